The Balaban J connectivity index is 1.97. The highest BCUT2D eigenvalue weighted by molar-refractivity contribution is 6.13. The Hall–Kier alpha value is -3.36. The van der Waals surface area contributed by atoms with E-state index in [1.807, 2.05) is 20.8 Å². The van der Waals surface area contributed by atoms with E-state index in [1.54, 1.807) is 36.4 Å². The molecule has 0 bridgehead atoms. The van der Waals surface area contributed by atoms with Crippen molar-refractivity contribution < 1.29 is 32.2 Å². The van der Waals surface area contributed by atoms with E-state index in [0.717, 1.165) is 6.42 Å². The standard InChI is InChI=1S/C27H29F3N2O4/c1-5-12-36-21-11-10-16(13-22(21)35-4)24-23-18(14-26(2,3)15-20(23)33)31-17-8-6-7-9-19(17)32(24)25(34)27(28,29)30/h6-11,13,23-24H,5,12,14-15H2,1-4H3. The molecule has 0 spiro atoms. The second-order valence-electron chi connectivity index (χ2n) is 9.93. The Morgan fingerprint density at radius 2 is 1.86 bits per heavy atom. The van der Waals surface area contributed by atoms with Gasteiger partial charge in [0.25, 0.3) is 0 Å². The van der Waals surface area contributed by atoms with Crippen LogP contribution in [0.25, 0.3) is 0 Å². The molecule has 4 rings (SSSR count). The van der Waals surface area contributed by atoms with Gasteiger partial charge in [-0.2, -0.15) is 13.2 Å². The first kappa shape index (κ1) is 25.7. The molecule has 1 aliphatic heterocycles. The molecule has 2 aromatic rings. The summed E-state index contributed by atoms with van der Waals surface area (Å²) in [5.74, 6) is -2.62. The molecular weight excluding hydrogens is 473 g/mol. The average molecular weight is 503 g/mol. The lowest BCUT2D eigenvalue weighted by Gasteiger charge is -2.41. The van der Waals surface area contributed by atoms with E-state index in [4.69, 9.17) is 9.47 Å². The van der Waals surface area contributed by atoms with Gasteiger partial charge in [0.05, 0.1) is 37.1 Å². The zero-order chi connectivity index (χ0) is 26.3. The van der Waals surface area contributed by atoms with Crippen molar-refractivity contribution >= 4 is 28.8 Å². The molecule has 36 heavy (non-hydrogen) atoms. The number of rotatable bonds is 5. The second-order valence-corrected chi connectivity index (χ2v) is 9.93. The molecule has 9 heteroatoms. The molecule has 6 nitrogen and oxygen atoms in total. The van der Waals surface area contributed by atoms with Gasteiger partial charge in [0.2, 0.25) is 0 Å². The SMILES string of the molecule is CCCOc1ccc(C2C3C(=O)CC(C)(C)CC3=Nc3ccccc3N2C(=O)C(F)(F)F)cc1OC. The minimum absolute atomic E-state index is 0.00241. The molecule has 2 aromatic carbocycles. The van der Waals surface area contributed by atoms with Gasteiger partial charge in [-0.15, -0.1) is 0 Å². The molecule has 1 fully saturated rings. The summed E-state index contributed by atoms with van der Waals surface area (Å²) in [6.07, 6.45) is -3.84. The molecule has 0 N–H and O–H groups in total. The van der Waals surface area contributed by atoms with Gasteiger partial charge < -0.3 is 9.47 Å². The number of ketones is 1. The van der Waals surface area contributed by atoms with E-state index >= 15 is 0 Å². The monoisotopic (exact) mass is 502 g/mol. The number of aliphatic imine (C=N–C) groups is 1. The van der Waals surface area contributed by atoms with Crippen LogP contribution in [0, 0.1) is 11.3 Å². The molecule has 2 unspecified atom stereocenters. The highest BCUT2D eigenvalue weighted by Crippen LogP contribution is 2.50. The van der Waals surface area contributed by atoms with E-state index in [9.17, 15) is 22.8 Å². The number of carbonyl (C=O) groups excluding carboxylic acids is 2. The lowest BCUT2D eigenvalue weighted by atomic mass is 9.68. The molecule has 192 valence electrons. The number of halogens is 3. The van der Waals surface area contributed by atoms with Crippen LogP contribution >= 0.6 is 0 Å². The molecule has 1 aliphatic carbocycles. The van der Waals surface area contributed by atoms with Gasteiger partial charge in [-0.05, 0) is 48.1 Å². The summed E-state index contributed by atoms with van der Waals surface area (Å²) in [5.41, 5.74) is 0.609. The van der Waals surface area contributed by atoms with Gasteiger partial charge in [0.15, 0.2) is 11.5 Å². The largest absolute Gasteiger partial charge is 0.493 e. The number of Topliss-reactive ketones (excluding diaryl/α,β-unsaturated/α-hetero) is 1. The van der Waals surface area contributed by atoms with Crippen LogP contribution in [0.2, 0.25) is 0 Å². The van der Waals surface area contributed by atoms with Crippen LogP contribution in [0.4, 0.5) is 24.5 Å². The zero-order valence-electron chi connectivity index (χ0n) is 20.7. The van der Waals surface area contributed by atoms with Crippen LogP contribution in [-0.4, -0.2) is 37.3 Å². The molecule has 0 radical (unpaired) electrons. The molecular formula is C27H29F3N2O4. The maximum Gasteiger partial charge on any atom is 0.471 e. The van der Waals surface area contributed by atoms with Crippen molar-refractivity contribution in [3.8, 4) is 11.5 Å². The van der Waals surface area contributed by atoms with Crippen LogP contribution in [-0.2, 0) is 9.59 Å². The van der Waals surface area contributed by atoms with Gasteiger partial charge in [0.1, 0.15) is 5.78 Å². The second kappa shape index (κ2) is 9.59. The molecule has 1 heterocycles. The molecule has 2 atom stereocenters. The number of alkyl halides is 3. The summed E-state index contributed by atoms with van der Waals surface area (Å²) in [6.45, 7) is 6.23. The third kappa shape index (κ3) is 4.83. The van der Waals surface area contributed by atoms with Gasteiger partial charge in [-0.25, -0.2) is 0 Å². The van der Waals surface area contributed by atoms with E-state index in [-0.39, 0.29) is 23.6 Å². The van der Waals surface area contributed by atoms with E-state index < -0.39 is 29.5 Å². The predicted octanol–water partition coefficient (Wildman–Crippen LogP) is 6.21. The van der Waals surface area contributed by atoms with Crippen LogP contribution in [0.3, 0.4) is 0 Å². The molecule has 1 amide bonds. The number of carbonyl (C=O) groups is 2. The van der Waals surface area contributed by atoms with Gasteiger partial charge in [-0.1, -0.05) is 39.0 Å². The van der Waals surface area contributed by atoms with Crippen molar-refractivity contribution in [2.75, 3.05) is 18.6 Å². The average Bonchev–Trinajstić information content (AvgIpc) is 2.95. The quantitative estimate of drug-likeness (QED) is 0.487. The maximum atomic E-state index is 14.0. The lowest BCUT2D eigenvalue weighted by Crippen LogP contribution is -2.50. The van der Waals surface area contributed by atoms with Crippen molar-refractivity contribution in [1.82, 2.24) is 0 Å². The number of nitrogens with zero attached hydrogens (tertiary/aromatic N) is 2. The number of anilines is 1. The summed E-state index contributed by atoms with van der Waals surface area (Å²) in [4.78, 5) is 31.9. The summed E-state index contributed by atoms with van der Waals surface area (Å²) >= 11 is 0. The highest BCUT2D eigenvalue weighted by Gasteiger charge is 2.53. The Kier molecular flexibility index (Phi) is 6.86. The lowest BCUT2D eigenvalue weighted by molar-refractivity contribution is -0.171. The number of methoxy groups -OCH3 is 1. The molecule has 1 saturated carbocycles. The van der Waals surface area contributed by atoms with Gasteiger partial charge in [-0.3, -0.25) is 19.5 Å². The zero-order valence-corrected chi connectivity index (χ0v) is 20.7. The Morgan fingerprint density at radius 1 is 1.14 bits per heavy atom. The summed E-state index contributed by atoms with van der Waals surface area (Å²) < 4.78 is 53.1. The third-order valence-corrected chi connectivity index (χ3v) is 6.47. The summed E-state index contributed by atoms with van der Waals surface area (Å²) in [7, 11) is 1.43. The third-order valence-electron chi connectivity index (χ3n) is 6.47. The number of amides is 1. The number of ether oxygens (including phenoxy) is 2. The predicted molar refractivity (Wildman–Crippen MR) is 130 cm³/mol. The van der Waals surface area contributed by atoms with Crippen molar-refractivity contribution in [2.24, 2.45) is 16.3 Å². The fourth-order valence-electron chi connectivity index (χ4n) is 5.03. The summed E-state index contributed by atoms with van der Waals surface area (Å²) in [6, 6.07) is 9.66. The molecule has 0 saturated heterocycles. The Morgan fingerprint density at radius 3 is 2.53 bits per heavy atom. The number of hydrogen-bond donors (Lipinski definition) is 0. The number of benzene rings is 2. The minimum Gasteiger partial charge on any atom is -0.493 e. The van der Waals surface area contributed by atoms with Crippen LogP contribution < -0.4 is 14.4 Å². The van der Waals surface area contributed by atoms with Crippen LogP contribution in [0.5, 0.6) is 11.5 Å². The van der Waals surface area contributed by atoms with Crippen molar-refractivity contribution in [3.63, 3.8) is 0 Å². The van der Waals surface area contributed by atoms with Crippen molar-refractivity contribution in [2.45, 2.75) is 52.3 Å². The highest BCUT2D eigenvalue weighted by atomic mass is 19.4. The number of para-hydroxylation sites is 2. The van der Waals surface area contributed by atoms with Gasteiger partial charge >= 0.3 is 12.1 Å². The van der Waals surface area contributed by atoms with E-state index in [1.165, 1.54) is 13.2 Å². The fourth-order valence-corrected chi connectivity index (χ4v) is 5.03. The maximum absolute atomic E-state index is 14.0. The van der Waals surface area contributed by atoms with Crippen LogP contribution in [0.1, 0.15) is 51.6 Å². The fraction of sp³-hybridized carbons (Fsp3) is 0.444. The van der Waals surface area contributed by atoms with Gasteiger partial charge in [0, 0.05) is 12.1 Å². The first-order chi connectivity index (χ1) is 17.0. The Bertz CT molecular complexity index is 1210. The minimum atomic E-state index is -5.17. The first-order valence-electron chi connectivity index (χ1n) is 11.9. The summed E-state index contributed by atoms with van der Waals surface area (Å²) in [5, 5.41) is 0. The molecule has 0 aromatic heterocycles. The normalized spacial score (nSPS) is 21.1. The van der Waals surface area contributed by atoms with Crippen LogP contribution in [0.15, 0.2) is 47.5 Å². The van der Waals surface area contributed by atoms with E-state index in [2.05, 4.69) is 4.99 Å². The number of fused-ring (bicyclic) bond motifs is 2. The Labute approximate surface area is 208 Å². The topological polar surface area (TPSA) is 68.2 Å². The number of hydrogen-bond acceptors (Lipinski definition) is 5. The van der Waals surface area contributed by atoms with Crippen molar-refractivity contribution in [1.29, 1.82) is 0 Å². The van der Waals surface area contributed by atoms with Crippen molar-refractivity contribution in [3.05, 3.63) is 48.0 Å². The van der Waals surface area contributed by atoms with E-state index in [0.29, 0.717) is 40.7 Å². The smallest absolute Gasteiger partial charge is 0.471 e. The molecule has 2 aliphatic rings. The first-order valence-corrected chi connectivity index (χ1v) is 11.9.